The van der Waals surface area contributed by atoms with Crippen molar-refractivity contribution < 1.29 is 28.1 Å². The van der Waals surface area contributed by atoms with Gasteiger partial charge in [0.1, 0.15) is 11.5 Å². The zero-order valence-corrected chi connectivity index (χ0v) is 11.2. The SMILES string of the molecule is OC[C@H](c1cc(OC(F)(F)F)ccc1O)N1CCNCC1. The highest BCUT2D eigenvalue weighted by atomic mass is 19.4. The van der Waals surface area contributed by atoms with E-state index in [0.717, 1.165) is 31.3 Å². The number of nitrogens with one attached hydrogen (secondary N) is 1. The van der Waals surface area contributed by atoms with Crippen molar-refractivity contribution in [2.45, 2.75) is 12.4 Å². The van der Waals surface area contributed by atoms with E-state index in [0.29, 0.717) is 13.1 Å². The molecule has 1 aromatic carbocycles. The summed E-state index contributed by atoms with van der Waals surface area (Å²) in [7, 11) is 0. The van der Waals surface area contributed by atoms with Gasteiger partial charge in [0.2, 0.25) is 0 Å². The summed E-state index contributed by atoms with van der Waals surface area (Å²) in [5.74, 6) is -0.578. The Kier molecular flexibility index (Phi) is 4.92. The number of aliphatic hydroxyl groups excluding tert-OH is 1. The first kappa shape index (κ1) is 15.9. The summed E-state index contributed by atoms with van der Waals surface area (Å²) in [6, 6.07) is 2.73. The van der Waals surface area contributed by atoms with Crippen molar-refractivity contribution in [2.75, 3.05) is 32.8 Å². The zero-order chi connectivity index (χ0) is 15.5. The molecule has 0 bridgehead atoms. The molecule has 5 nitrogen and oxygen atoms in total. The summed E-state index contributed by atoms with van der Waals surface area (Å²) < 4.78 is 40.6. The maximum absolute atomic E-state index is 12.3. The lowest BCUT2D eigenvalue weighted by atomic mass is 10.0. The Morgan fingerprint density at radius 1 is 1.29 bits per heavy atom. The third-order valence-electron chi connectivity index (χ3n) is 3.36. The van der Waals surface area contributed by atoms with Crippen LogP contribution < -0.4 is 10.1 Å². The van der Waals surface area contributed by atoms with Crippen molar-refractivity contribution in [3.63, 3.8) is 0 Å². The maximum atomic E-state index is 12.3. The van der Waals surface area contributed by atoms with Crippen molar-refractivity contribution in [2.24, 2.45) is 0 Å². The zero-order valence-electron chi connectivity index (χ0n) is 11.2. The number of phenolic OH excluding ortho intramolecular Hbond substituents is 1. The summed E-state index contributed by atoms with van der Waals surface area (Å²) in [5.41, 5.74) is 0.223. The molecule has 8 heteroatoms. The Morgan fingerprint density at radius 3 is 2.52 bits per heavy atom. The number of hydrogen-bond donors (Lipinski definition) is 3. The van der Waals surface area contributed by atoms with Crippen LogP contribution in [0.1, 0.15) is 11.6 Å². The predicted octanol–water partition coefficient (Wildman–Crippen LogP) is 1.23. The van der Waals surface area contributed by atoms with Crippen LogP contribution >= 0.6 is 0 Å². The predicted molar refractivity (Wildman–Crippen MR) is 69.1 cm³/mol. The molecular weight excluding hydrogens is 289 g/mol. The van der Waals surface area contributed by atoms with Gasteiger partial charge in [-0.25, -0.2) is 0 Å². The van der Waals surface area contributed by atoms with Crippen LogP contribution in [0.25, 0.3) is 0 Å². The quantitative estimate of drug-likeness (QED) is 0.781. The van der Waals surface area contributed by atoms with Gasteiger partial charge in [-0.15, -0.1) is 13.2 Å². The number of halogens is 3. The van der Waals surface area contributed by atoms with Crippen molar-refractivity contribution in [1.29, 1.82) is 0 Å². The van der Waals surface area contributed by atoms with Crippen LogP contribution in [0.15, 0.2) is 18.2 Å². The van der Waals surface area contributed by atoms with Gasteiger partial charge in [-0.2, -0.15) is 0 Å². The molecule has 1 saturated heterocycles. The summed E-state index contributed by atoms with van der Waals surface area (Å²) in [6.07, 6.45) is -4.79. The van der Waals surface area contributed by atoms with Gasteiger partial charge in [0.05, 0.1) is 12.6 Å². The van der Waals surface area contributed by atoms with Crippen LogP contribution in [0, 0.1) is 0 Å². The molecule has 0 radical (unpaired) electrons. The molecule has 3 N–H and O–H groups in total. The van der Waals surface area contributed by atoms with Crippen LogP contribution in [0.5, 0.6) is 11.5 Å². The third-order valence-corrected chi connectivity index (χ3v) is 3.36. The van der Waals surface area contributed by atoms with E-state index >= 15 is 0 Å². The van der Waals surface area contributed by atoms with Gasteiger partial charge in [-0.1, -0.05) is 0 Å². The van der Waals surface area contributed by atoms with Crippen LogP contribution in [0.3, 0.4) is 0 Å². The van der Waals surface area contributed by atoms with Crippen molar-refractivity contribution in [3.8, 4) is 11.5 Å². The molecule has 2 rings (SSSR count). The Hall–Kier alpha value is -1.51. The van der Waals surface area contributed by atoms with E-state index in [2.05, 4.69) is 10.1 Å². The van der Waals surface area contributed by atoms with E-state index in [1.165, 1.54) is 0 Å². The monoisotopic (exact) mass is 306 g/mol. The van der Waals surface area contributed by atoms with Gasteiger partial charge >= 0.3 is 6.36 Å². The molecule has 1 fully saturated rings. The molecule has 1 aliphatic heterocycles. The smallest absolute Gasteiger partial charge is 0.508 e. The van der Waals surface area contributed by atoms with E-state index in [1.54, 1.807) is 0 Å². The fourth-order valence-electron chi connectivity index (χ4n) is 2.40. The minimum atomic E-state index is -4.79. The molecule has 0 aromatic heterocycles. The second-order valence-corrected chi connectivity index (χ2v) is 4.75. The molecule has 0 amide bonds. The lowest BCUT2D eigenvalue weighted by Gasteiger charge is -2.34. The summed E-state index contributed by atoms with van der Waals surface area (Å²) in [5, 5.41) is 22.6. The fraction of sp³-hybridized carbons (Fsp3) is 0.538. The second kappa shape index (κ2) is 6.50. The average Bonchev–Trinajstić information content (AvgIpc) is 2.43. The Bertz CT molecular complexity index is 476. The van der Waals surface area contributed by atoms with Gasteiger partial charge in [0.15, 0.2) is 0 Å². The van der Waals surface area contributed by atoms with E-state index in [1.807, 2.05) is 4.90 Å². The molecule has 21 heavy (non-hydrogen) atoms. The minimum absolute atomic E-state index is 0.165. The normalized spacial score (nSPS) is 18.5. The molecule has 1 aliphatic rings. The van der Waals surface area contributed by atoms with E-state index in [9.17, 15) is 23.4 Å². The Balaban J connectivity index is 2.24. The standard InChI is InChI=1S/C13H17F3N2O3/c14-13(15,16)21-9-1-2-12(20)10(7-9)11(8-19)18-5-3-17-4-6-18/h1-2,7,11,17,19-20H,3-6,8H2/t11-/m1/s1. The largest absolute Gasteiger partial charge is 0.573 e. The average molecular weight is 306 g/mol. The lowest BCUT2D eigenvalue weighted by Crippen LogP contribution is -2.46. The molecule has 118 valence electrons. The fourth-order valence-corrected chi connectivity index (χ4v) is 2.40. The first-order valence-corrected chi connectivity index (χ1v) is 6.55. The van der Waals surface area contributed by atoms with Crippen LogP contribution in [0.4, 0.5) is 13.2 Å². The highest BCUT2D eigenvalue weighted by Crippen LogP contribution is 2.33. The molecule has 0 spiro atoms. The topological polar surface area (TPSA) is 65.0 Å². The molecule has 1 atom stereocenters. The van der Waals surface area contributed by atoms with Gasteiger partial charge in [-0.3, -0.25) is 4.90 Å². The van der Waals surface area contributed by atoms with E-state index in [4.69, 9.17) is 0 Å². The number of phenols is 1. The van der Waals surface area contributed by atoms with Gasteiger partial charge < -0.3 is 20.3 Å². The van der Waals surface area contributed by atoms with Crippen LogP contribution in [-0.4, -0.2) is 54.3 Å². The second-order valence-electron chi connectivity index (χ2n) is 4.75. The number of benzene rings is 1. The van der Waals surface area contributed by atoms with Crippen LogP contribution in [0.2, 0.25) is 0 Å². The number of aromatic hydroxyl groups is 1. The van der Waals surface area contributed by atoms with E-state index in [-0.39, 0.29) is 17.9 Å². The van der Waals surface area contributed by atoms with Gasteiger partial charge in [0.25, 0.3) is 0 Å². The highest BCUT2D eigenvalue weighted by Gasteiger charge is 2.32. The number of nitrogens with zero attached hydrogens (tertiary/aromatic N) is 1. The number of aliphatic hydroxyl groups is 1. The number of ether oxygens (including phenoxy) is 1. The van der Waals surface area contributed by atoms with Crippen molar-refractivity contribution >= 4 is 0 Å². The van der Waals surface area contributed by atoms with Crippen molar-refractivity contribution in [3.05, 3.63) is 23.8 Å². The molecule has 1 aromatic rings. The highest BCUT2D eigenvalue weighted by molar-refractivity contribution is 5.41. The lowest BCUT2D eigenvalue weighted by molar-refractivity contribution is -0.274. The first-order chi connectivity index (χ1) is 9.90. The summed E-state index contributed by atoms with van der Waals surface area (Å²) in [4.78, 5) is 1.91. The molecule has 0 unspecified atom stereocenters. The summed E-state index contributed by atoms with van der Waals surface area (Å²) >= 11 is 0. The summed E-state index contributed by atoms with van der Waals surface area (Å²) in [6.45, 7) is 2.40. The molecule has 0 saturated carbocycles. The van der Waals surface area contributed by atoms with Crippen LogP contribution in [-0.2, 0) is 0 Å². The third kappa shape index (κ3) is 4.23. The number of piperazine rings is 1. The molecule has 1 heterocycles. The number of rotatable bonds is 4. The number of hydrogen-bond acceptors (Lipinski definition) is 5. The van der Waals surface area contributed by atoms with Crippen molar-refractivity contribution in [1.82, 2.24) is 10.2 Å². The number of alkyl halides is 3. The maximum Gasteiger partial charge on any atom is 0.573 e. The van der Waals surface area contributed by atoms with E-state index < -0.39 is 18.2 Å². The molecular formula is C13H17F3N2O3. The van der Waals surface area contributed by atoms with Gasteiger partial charge in [0, 0.05) is 31.7 Å². The Labute approximate surface area is 119 Å². The first-order valence-electron chi connectivity index (χ1n) is 6.55. The molecule has 0 aliphatic carbocycles. The van der Waals surface area contributed by atoms with Gasteiger partial charge in [-0.05, 0) is 18.2 Å². The minimum Gasteiger partial charge on any atom is -0.508 e. The Morgan fingerprint density at radius 2 is 1.95 bits per heavy atom.